The number of aryl methyl sites for hydroxylation is 2. The van der Waals surface area contributed by atoms with Crippen LogP contribution < -0.4 is 5.32 Å². The Morgan fingerprint density at radius 1 is 0.885 bits per heavy atom. The number of carbonyl (C=O) groups is 1. The van der Waals surface area contributed by atoms with Crippen LogP contribution in [-0.4, -0.2) is 12.5 Å². The van der Waals surface area contributed by atoms with E-state index in [9.17, 15) is 4.79 Å². The standard InChI is InChI=1S/C24H23NO/c26-23(25-16-24(14-5-15-24)19-7-2-1-3-8-19)21-13-12-18-11-10-17-6-4-9-20(21)22(17)18/h1-4,6-9,12-13H,5,10-11,14-16H2,(H,25,26). The van der Waals surface area contributed by atoms with E-state index >= 15 is 0 Å². The van der Waals surface area contributed by atoms with Crippen molar-refractivity contribution in [3.8, 4) is 0 Å². The molecule has 26 heavy (non-hydrogen) atoms. The van der Waals surface area contributed by atoms with Gasteiger partial charge in [-0.3, -0.25) is 4.79 Å². The summed E-state index contributed by atoms with van der Waals surface area (Å²) in [5.41, 5.74) is 5.05. The van der Waals surface area contributed by atoms with Gasteiger partial charge in [0.2, 0.25) is 0 Å². The average Bonchev–Trinajstić information content (AvgIpc) is 3.07. The summed E-state index contributed by atoms with van der Waals surface area (Å²) >= 11 is 0. The van der Waals surface area contributed by atoms with Crippen LogP contribution in [-0.2, 0) is 18.3 Å². The summed E-state index contributed by atoms with van der Waals surface area (Å²) in [6, 6.07) is 21.2. The van der Waals surface area contributed by atoms with Crippen molar-refractivity contribution in [2.24, 2.45) is 0 Å². The van der Waals surface area contributed by atoms with Crippen molar-refractivity contribution >= 4 is 16.7 Å². The molecular formula is C24H23NO. The molecule has 0 aliphatic heterocycles. The van der Waals surface area contributed by atoms with Crippen molar-refractivity contribution in [2.75, 3.05) is 6.54 Å². The quantitative estimate of drug-likeness (QED) is 0.726. The van der Waals surface area contributed by atoms with Gasteiger partial charge in [0, 0.05) is 17.5 Å². The van der Waals surface area contributed by atoms with Crippen LogP contribution in [0.5, 0.6) is 0 Å². The van der Waals surface area contributed by atoms with Gasteiger partial charge in [-0.25, -0.2) is 0 Å². The number of hydrogen-bond donors (Lipinski definition) is 1. The zero-order chi connectivity index (χ0) is 17.6. The first-order valence-electron chi connectivity index (χ1n) is 9.64. The monoisotopic (exact) mass is 341 g/mol. The summed E-state index contributed by atoms with van der Waals surface area (Å²) < 4.78 is 0. The minimum atomic E-state index is 0.0582. The highest BCUT2D eigenvalue weighted by Gasteiger charge is 2.38. The fraction of sp³-hybridized carbons (Fsp3) is 0.292. The summed E-state index contributed by atoms with van der Waals surface area (Å²) in [6.45, 7) is 0.721. The van der Waals surface area contributed by atoms with E-state index in [-0.39, 0.29) is 11.3 Å². The first kappa shape index (κ1) is 15.6. The second kappa shape index (κ2) is 5.98. The Morgan fingerprint density at radius 2 is 1.65 bits per heavy atom. The largest absolute Gasteiger partial charge is 0.351 e. The molecule has 2 aliphatic carbocycles. The molecule has 0 radical (unpaired) electrons. The van der Waals surface area contributed by atoms with Gasteiger partial charge in [-0.15, -0.1) is 0 Å². The maximum Gasteiger partial charge on any atom is 0.251 e. The van der Waals surface area contributed by atoms with Gasteiger partial charge in [-0.1, -0.05) is 61.0 Å². The molecule has 5 rings (SSSR count). The molecule has 0 saturated heterocycles. The SMILES string of the molecule is O=C(NCC1(c2ccccc2)CCC1)c1ccc2c3c(cccc13)CC2. The van der Waals surface area contributed by atoms with E-state index in [1.165, 1.54) is 28.5 Å². The summed E-state index contributed by atoms with van der Waals surface area (Å²) in [5.74, 6) is 0.0582. The molecule has 0 aromatic heterocycles. The van der Waals surface area contributed by atoms with Crippen LogP contribution in [0.2, 0.25) is 0 Å². The maximum absolute atomic E-state index is 13.0. The highest BCUT2D eigenvalue weighted by molar-refractivity contribution is 6.09. The van der Waals surface area contributed by atoms with Crippen molar-refractivity contribution in [1.82, 2.24) is 5.32 Å². The predicted molar refractivity (Wildman–Crippen MR) is 106 cm³/mol. The molecule has 3 aromatic rings. The number of benzene rings is 3. The molecule has 130 valence electrons. The smallest absolute Gasteiger partial charge is 0.251 e. The highest BCUT2D eigenvalue weighted by Crippen LogP contribution is 2.43. The van der Waals surface area contributed by atoms with Crippen LogP contribution in [0.3, 0.4) is 0 Å². The lowest BCUT2D eigenvalue weighted by atomic mass is 9.64. The van der Waals surface area contributed by atoms with Gasteiger partial charge in [0.25, 0.3) is 5.91 Å². The van der Waals surface area contributed by atoms with Gasteiger partial charge in [-0.2, -0.15) is 0 Å². The van der Waals surface area contributed by atoms with Crippen molar-refractivity contribution in [3.63, 3.8) is 0 Å². The average molecular weight is 341 g/mol. The van der Waals surface area contributed by atoms with Crippen LogP contribution in [0.1, 0.15) is 46.3 Å². The van der Waals surface area contributed by atoms with Crippen molar-refractivity contribution in [2.45, 2.75) is 37.5 Å². The summed E-state index contributed by atoms with van der Waals surface area (Å²) in [4.78, 5) is 13.0. The molecule has 1 amide bonds. The topological polar surface area (TPSA) is 29.1 Å². The molecule has 2 nitrogen and oxygen atoms in total. The first-order valence-corrected chi connectivity index (χ1v) is 9.64. The lowest BCUT2D eigenvalue weighted by Crippen LogP contribution is -2.45. The summed E-state index contributed by atoms with van der Waals surface area (Å²) in [7, 11) is 0. The van der Waals surface area contributed by atoms with Crippen molar-refractivity contribution in [1.29, 1.82) is 0 Å². The number of carbonyl (C=O) groups excluding carboxylic acids is 1. The third-order valence-corrected chi connectivity index (χ3v) is 6.41. The summed E-state index contributed by atoms with van der Waals surface area (Å²) in [6.07, 6.45) is 5.73. The van der Waals surface area contributed by atoms with Gasteiger partial charge in [0.05, 0.1) is 0 Å². The second-order valence-electron chi connectivity index (χ2n) is 7.79. The number of amides is 1. The third-order valence-electron chi connectivity index (χ3n) is 6.41. The van der Waals surface area contributed by atoms with Crippen molar-refractivity contribution in [3.05, 3.63) is 82.9 Å². The van der Waals surface area contributed by atoms with Crippen LogP contribution in [0.25, 0.3) is 10.8 Å². The Labute approximate surface area is 154 Å². The van der Waals surface area contributed by atoms with Gasteiger partial charge in [0.15, 0.2) is 0 Å². The zero-order valence-electron chi connectivity index (χ0n) is 14.9. The lowest BCUT2D eigenvalue weighted by molar-refractivity contribution is 0.0929. The van der Waals surface area contributed by atoms with E-state index in [1.54, 1.807) is 0 Å². The van der Waals surface area contributed by atoms with Gasteiger partial charge in [-0.05, 0) is 59.2 Å². The molecule has 3 aromatic carbocycles. The molecule has 2 heteroatoms. The zero-order valence-corrected chi connectivity index (χ0v) is 14.9. The van der Waals surface area contributed by atoms with Gasteiger partial charge in [0.1, 0.15) is 0 Å². The van der Waals surface area contributed by atoms with Crippen LogP contribution in [0.15, 0.2) is 60.7 Å². The van der Waals surface area contributed by atoms with Crippen molar-refractivity contribution < 1.29 is 4.79 Å². The molecule has 0 heterocycles. The van der Waals surface area contributed by atoms with Crippen LogP contribution in [0.4, 0.5) is 0 Å². The van der Waals surface area contributed by atoms with E-state index in [2.05, 4.69) is 59.9 Å². The minimum Gasteiger partial charge on any atom is -0.351 e. The van der Waals surface area contributed by atoms with E-state index < -0.39 is 0 Å². The first-order chi connectivity index (χ1) is 12.8. The van der Waals surface area contributed by atoms with E-state index in [1.807, 2.05) is 6.07 Å². The fourth-order valence-corrected chi connectivity index (χ4v) is 4.75. The van der Waals surface area contributed by atoms with E-state index in [4.69, 9.17) is 0 Å². The Kier molecular flexibility index (Phi) is 3.59. The third kappa shape index (κ3) is 2.36. The predicted octanol–water partition coefficient (Wildman–Crippen LogP) is 4.79. The molecular weight excluding hydrogens is 318 g/mol. The highest BCUT2D eigenvalue weighted by atomic mass is 16.1. The molecule has 1 fully saturated rings. The van der Waals surface area contributed by atoms with E-state index in [0.29, 0.717) is 0 Å². The normalized spacial score (nSPS) is 17.1. The lowest BCUT2D eigenvalue weighted by Gasteiger charge is -2.42. The Hall–Kier alpha value is -2.61. The fourth-order valence-electron chi connectivity index (χ4n) is 4.75. The Bertz CT molecular complexity index is 976. The van der Waals surface area contributed by atoms with Gasteiger partial charge >= 0.3 is 0 Å². The van der Waals surface area contributed by atoms with Gasteiger partial charge < -0.3 is 5.32 Å². The maximum atomic E-state index is 13.0. The number of rotatable bonds is 4. The molecule has 0 atom stereocenters. The molecule has 2 aliphatic rings. The van der Waals surface area contributed by atoms with Crippen LogP contribution >= 0.6 is 0 Å². The Balaban J connectivity index is 1.43. The number of nitrogens with one attached hydrogen (secondary N) is 1. The molecule has 1 saturated carbocycles. The molecule has 1 N–H and O–H groups in total. The molecule has 0 spiro atoms. The Morgan fingerprint density at radius 3 is 2.38 bits per heavy atom. The van der Waals surface area contributed by atoms with Crippen LogP contribution in [0, 0.1) is 0 Å². The molecule has 0 unspecified atom stereocenters. The number of hydrogen-bond acceptors (Lipinski definition) is 1. The molecule has 0 bridgehead atoms. The van der Waals surface area contributed by atoms with E-state index in [0.717, 1.165) is 43.2 Å². The minimum absolute atomic E-state index is 0.0582. The summed E-state index contributed by atoms with van der Waals surface area (Å²) in [5, 5.41) is 5.67. The second-order valence-corrected chi connectivity index (χ2v) is 7.79.